The van der Waals surface area contributed by atoms with E-state index in [2.05, 4.69) is 30.1 Å². The summed E-state index contributed by atoms with van der Waals surface area (Å²) in [7, 11) is 1.71. The van der Waals surface area contributed by atoms with Gasteiger partial charge in [0.1, 0.15) is 5.75 Å². The summed E-state index contributed by atoms with van der Waals surface area (Å²) in [6, 6.07) is 10.1. The van der Waals surface area contributed by atoms with Crippen molar-refractivity contribution < 1.29 is 9.53 Å². The highest BCUT2D eigenvalue weighted by Gasteiger charge is 2.27. The number of anilines is 1. The maximum absolute atomic E-state index is 12.9. The Morgan fingerprint density at radius 3 is 2.55 bits per heavy atom. The summed E-state index contributed by atoms with van der Waals surface area (Å²) in [6.45, 7) is 7.63. The molecule has 1 N–H and O–H groups in total. The minimum atomic E-state index is -0.144. The standard InChI is InChI=1S/C24H29Cl2N3O2/c1-15(2)28-10-8-16(9-11-28)19-12-18(5-7-22(19)31-3)27-24(30)29-13-17-4-6-21(25)23(26)20(17)14-29/h4-7,12,15-16H,8-11,13-14H2,1-3H3,(H,27,30). The van der Waals surface area contributed by atoms with E-state index in [1.165, 1.54) is 5.56 Å². The Morgan fingerprint density at radius 2 is 1.87 bits per heavy atom. The van der Waals surface area contributed by atoms with Gasteiger partial charge in [0.2, 0.25) is 0 Å². The van der Waals surface area contributed by atoms with Gasteiger partial charge in [0.15, 0.2) is 0 Å². The van der Waals surface area contributed by atoms with Crippen LogP contribution in [0.1, 0.15) is 49.3 Å². The summed E-state index contributed by atoms with van der Waals surface area (Å²) in [5.74, 6) is 1.31. The molecular weight excluding hydrogens is 433 g/mol. The van der Waals surface area contributed by atoms with Gasteiger partial charge in [0.05, 0.1) is 17.2 Å². The Hall–Kier alpha value is -1.95. The van der Waals surface area contributed by atoms with Crippen LogP contribution in [-0.2, 0) is 13.1 Å². The third-order valence-electron chi connectivity index (χ3n) is 6.47. The first-order valence-corrected chi connectivity index (χ1v) is 11.6. The number of fused-ring (bicyclic) bond motifs is 1. The average molecular weight is 462 g/mol. The fourth-order valence-corrected chi connectivity index (χ4v) is 5.03. The Labute approximate surface area is 194 Å². The predicted molar refractivity (Wildman–Crippen MR) is 126 cm³/mol. The number of rotatable bonds is 4. The minimum absolute atomic E-state index is 0.144. The van der Waals surface area contributed by atoms with Gasteiger partial charge in [-0.2, -0.15) is 0 Å². The molecule has 166 valence electrons. The van der Waals surface area contributed by atoms with Gasteiger partial charge in [-0.1, -0.05) is 29.3 Å². The normalized spacial score (nSPS) is 17.2. The lowest BCUT2D eigenvalue weighted by molar-refractivity contribution is 0.171. The van der Waals surface area contributed by atoms with Gasteiger partial charge in [-0.3, -0.25) is 0 Å². The fourth-order valence-electron chi connectivity index (χ4n) is 4.61. The van der Waals surface area contributed by atoms with Gasteiger partial charge >= 0.3 is 6.03 Å². The van der Waals surface area contributed by atoms with Crippen LogP contribution in [0.2, 0.25) is 10.0 Å². The van der Waals surface area contributed by atoms with Crippen molar-refractivity contribution in [2.45, 2.75) is 51.7 Å². The fraction of sp³-hybridized carbons (Fsp3) is 0.458. The average Bonchev–Trinajstić information content (AvgIpc) is 3.22. The van der Waals surface area contributed by atoms with Crippen LogP contribution in [-0.4, -0.2) is 42.1 Å². The molecule has 2 aliphatic rings. The van der Waals surface area contributed by atoms with E-state index in [0.29, 0.717) is 35.1 Å². The molecule has 2 heterocycles. The highest BCUT2D eigenvalue weighted by molar-refractivity contribution is 6.42. The van der Waals surface area contributed by atoms with Crippen LogP contribution in [0, 0.1) is 0 Å². The number of benzene rings is 2. The van der Waals surface area contributed by atoms with Crippen molar-refractivity contribution in [3.63, 3.8) is 0 Å². The Kier molecular flexibility index (Phi) is 6.65. The first-order chi connectivity index (χ1) is 14.9. The molecule has 4 rings (SSSR count). The summed E-state index contributed by atoms with van der Waals surface area (Å²) >= 11 is 12.5. The Morgan fingerprint density at radius 1 is 1.13 bits per heavy atom. The van der Waals surface area contributed by atoms with Crippen LogP contribution in [0.3, 0.4) is 0 Å². The van der Waals surface area contributed by atoms with Crippen molar-refractivity contribution in [3.05, 3.63) is 57.1 Å². The lowest BCUT2D eigenvalue weighted by Gasteiger charge is -2.35. The molecule has 2 aliphatic heterocycles. The van der Waals surface area contributed by atoms with Crippen LogP contribution >= 0.6 is 23.2 Å². The summed E-state index contributed by atoms with van der Waals surface area (Å²) in [5.41, 5.74) is 3.92. The quantitative estimate of drug-likeness (QED) is 0.594. The third-order valence-corrected chi connectivity index (χ3v) is 7.31. The molecule has 2 aromatic rings. The summed E-state index contributed by atoms with van der Waals surface area (Å²) in [4.78, 5) is 17.2. The number of ether oxygens (including phenoxy) is 1. The smallest absolute Gasteiger partial charge is 0.322 e. The molecular formula is C24H29Cl2N3O2. The second-order valence-electron chi connectivity index (χ2n) is 8.65. The maximum Gasteiger partial charge on any atom is 0.322 e. The van der Waals surface area contributed by atoms with E-state index in [4.69, 9.17) is 27.9 Å². The number of piperidine rings is 1. The van der Waals surface area contributed by atoms with Crippen LogP contribution in [0.5, 0.6) is 5.75 Å². The number of methoxy groups -OCH3 is 1. The molecule has 2 amide bonds. The van der Waals surface area contributed by atoms with Crippen LogP contribution in [0.25, 0.3) is 0 Å². The number of hydrogen-bond donors (Lipinski definition) is 1. The highest BCUT2D eigenvalue weighted by Crippen LogP contribution is 2.37. The number of nitrogens with one attached hydrogen (secondary N) is 1. The van der Waals surface area contributed by atoms with Gasteiger partial charge in [0.25, 0.3) is 0 Å². The second kappa shape index (κ2) is 9.27. The van der Waals surface area contributed by atoms with Gasteiger partial charge < -0.3 is 19.9 Å². The number of likely N-dealkylation sites (tertiary alicyclic amines) is 1. The van der Waals surface area contributed by atoms with E-state index in [0.717, 1.165) is 48.5 Å². The van der Waals surface area contributed by atoms with Crippen molar-refractivity contribution in [2.75, 3.05) is 25.5 Å². The lowest BCUT2D eigenvalue weighted by Crippen LogP contribution is -2.37. The van der Waals surface area contributed by atoms with Crippen LogP contribution < -0.4 is 10.1 Å². The molecule has 1 saturated heterocycles. The molecule has 2 aromatic carbocycles. The van der Waals surface area contributed by atoms with E-state index in [-0.39, 0.29) is 6.03 Å². The first-order valence-electron chi connectivity index (χ1n) is 10.8. The number of halogens is 2. The Bertz CT molecular complexity index is 972. The predicted octanol–water partition coefficient (Wildman–Crippen LogP) is 6.14. The molecule has 5 nitrogen and oxygen atoms in total. The van der Waals surface area contributed by atoms with Crippen molar-refractivity contribution in [3.8, 4) is 5.75 Å². The SMILES string of the molecule is COc1ccc(NC(=O)N2Cc3ccc(Cl)c(Cl)c3C2)cc1C1CCN(C(C)C)CC1. The van der Waals surface area contributed by atoms with Crippen molar-refractivity contribution in [1.82, 2.24) is 9.80 Å². The lowest BCUT2D eigenvalue weighted by atomic mass is 9.88. The molecule has 0 saturated carbocycles. The molecule has 0 bridgehead atoms. The molecule has 0 unspecified atom stereocenters. The number of hydrogen-bond acceptors (Lipinski definition) is 3. The van der Waals surface area contributed by atoms with E-state index in [1.807, 2.05) is 18.2 Å². The highest BCUT2D eigenvalue weighted by atomic mass is 35.5. The van der Waals surface area contributed by atoms with Gasteiger partial charge in [-0.05, 0) is 86.7 Å². The zero-order valence-corrected chi connectivity index (χ0v) is 19.8. The zero-order chi connectivity index (χ0) is 22.1. The van der Waals surface area contributed by atoms with Crippen LogP contribution in [0.15, 0.2) is 30.3 Å². The molecule has 0 aromatic heterocycles. The third kappa shape index (κ3) is 4.64. The van der Waals surface area contributed by atoms with Crippen LogP contribution in [0.4, 0.5) is 10.5 Å². The minimum Gasteiger partial charge on any atom is -0.496 e. The Balaban J connectivity index is 1.46. The first kappa shape index (κ1) is 22.3. The number of carbonyl (C=O) groups is 1. The molecule has 0 spiro atoms. The summed E-state index contributed by atoms with van der Waals surface area (Å²) < 4.78 is 5.64. The number of amides is 2. The molecule has 31 heavy (non-hydrogen) atoms. The number of urea groups is 1. The molecule has 7 heteroatoms. The molecule has 0 atom stereocenters. The summed E-state index contributed by atoms with van der Waals surface area (Å²) in [5, 5.41) is 4.11. The van der Waals surface area contributed by atoms with Gasteiger partial charge in [0, 0.05) is 24.8 Å². The largest absolute Gasteiger partial charge is 0.496 e. The summed E-state index contributed by atoms with van der Waals surface area (Å²) in [6.07, 6.45) is 2.18. The van der Waals surface area contributed by atoms with E-state index in [9.17, 15) is 4.79 Å². The van der Waals surface area contributed by atoms with Crippen molar-refractivity contribution in [1.29, 1.82) is 0 Å². The zero-order valence-electron chi connectivity index (χ0n) is 18.3. The number of nitrogens with zero attached hydrogens (tertiary/aromatic N) is 2. The number of carbonyl (C=O) groups excluding carboxylic acids is 1. The maximum atomic E-state index is 12.9. The van der Waals surface area contributed by atoms with Crippen molar-refractivity contribution >= 4 is 34.9 Å². The molecule has 0 radical (unpaired) electrons. The van der Waals surface area contributed by atoms with E-state index in [1.54, 1.807) is 18.1 Å². The topological polar surface area (TPSA) is 44.8 Å². The molecule has 1 fully saturated rings. The monoisotopic (exact) mass is 461 g/mol. The van der Waals surface area contributed by atoms with E-state index >= 15 is 0 Å². The van der Waals surface area contributed by atoms with Gasteiger partial charge in [-0.25, -0.2) is 4.79 Å². The van der Waals surface area contributed by atoms with E-state index < -0.39 is 0 Å². The van der Waals surface area contributed by atoms with Gasteiger partial charge in [-0.15, -0.1) is 0 Å². The second-order valence-corrected chi connectivity index (χ2v) is 9.43. The molecule has 0 aliphatic carbocycles. The van der Waals surface area contributed by atoms with Crippen molar-refractivity contribution in [2.24, 2.45) is 0 Å².